The van der Waals surface area contributed by atoms with Crippen molar-refractivity contribution in [2.75, 3.05) is 19.0 Å². The van der Waals surface area contributed by atoms with E-state index in [4.69, 9.17) is 15.6 Å². The van der Waals surface area contributed by atoms with Crippen LogP contribution in [-0.4, -0.2) is 24.9 Å². The third kappa shape index (κ3) is 1.39. The third-order valence-corrected chi connectivity index (χ3v) is 1.41. The van der Waals surface area contributed by atoms with Gasteiger partial charge >= 0.3 is 0 Å². The van der Waals surface area contributed by atoms with Crippen LogP contribution in [0.4, 0.5) is 6.01 Å². The number of oxazole rings is 1. The molecule has 1 rings (SSSR count). The summed E-state index contributed by atoms with van der Waals surface area (Å²) in [6.07, 6.45) is 0. The van der Waals surface area contributed by atoms with E-state index in [1.807, 2.05) is 14.1 Å². The number of nitrogen functional groups attached to an aromatic ring is 1. The van der Waals surface area contributed by atoms with Crippen LogP contribution in [0.2, 0.25) is 0 Å². The molecule has 3 N–H and O–H groups in total. The molecule has 0 amide bonds. The molecule has 0 saturated heterocycles. The van der Waals surface area contributed by atoms with Crippen molar-refractivity contribution < 1.29 is 4.42 Å². The Labute approximate surface area is 70.7 Å². The Bertz CT molecular complexity index is 302. The maximum Gasteiger partial charge on any atom is 0.297 e. The second kappa shape index (κ2) is 2.84. The molecular weight excluding hydrogens is 156 g/mol. The Hall–Kier alpha value is -1.52. The highest BCUT2D eigenvalue weighted by Crippen LogP contribution is 2.15. The van der Waals surface area contributed by atoms with Crippen LogP contribution in [0.15, 0.2) is 4.42 Å². The highest BCUT2D eigenvalue weighted by atomic mass is 16.4. The quantitative estimate of drug-likeness (QED) is 0.492. The van der Waals surface area contributed by atoms with E-state index in [2.05, 4.69) is 4.98 Å². The number of hydrogen-bond acceptors (Lipinski definition) is 4. The molecule has 0 aliphatic heterocycles. The Morgan fingerprint density at radius 3 is 2.42 bits per heavy atom. The molecule has 0 aliphatic rings. The van der Waals surface area contributed by atoms with Gasteiger partial charge in [-0.05, 0) is 6.92 Å². The number of nitrogens with one attached hydrogen (secondary N) is 1. The first-order chi connectivity index (χ1) is 5.52. The second-order valence-corrected chi connectivity index (χ2v) is 2.72. The minimum absolute atomic E-state index is 0.0897. The molecule has 0 spiro atoms. The summed E-state index contributed by atoms with van der Waals surface area (Å²) in [5, 5.41) is 7.16. The number of nitrogens with zero attached hydrogens (tertiary/aromatic N) is 2. The zero-order chi connectivity index (χ0) is 9.30. The molecule has 1 heterocycles. The average Bonchev–Trinajstić information content (AvgIpc) is 2.30. The molecule has 0 unspecified atom stereocenters. The van der Waals surface area contributed by atoms with Gasteiger partial charge in [0, 0.05) is 14.1 Å². The zero-order valence-corrected chi connectivity index (χ0v) is 7.38. The lowest BCUT2D eigenvalue weighted by Gasteiger charge is -2.03. The number of amidine groups is 1. The van der Waals surface area contributed by atoms with E-state index in [0.29, 0.717) is 17.5 Å². The fourth-order valence-corrected chi connectivity index (χ4v) is 0.823. The Morgan fingerprint density at radius 2 is 2.17 bits per heavy atom. The highest BCUT2D eigenvalue weighted by Gasteiger charge is 2.12. The number of hydrogen-bond donors (Lipinski definition) is 2. The van der Waals surface area contributed by atoms with Gasteiger partial charge in [-0.1, -0.05) is 0 Å². The maximum atomic E-state index is 7.16. The lowest BCUT2D eigenvalue weighted by atomic mass is 10.3. The number of rotatable bonds is 2. The first-order valence-corrected chi connectivity index (χ1v) is 3.51. The van der Waals surface area contributed by atoms with Crippen LogP contribution >= 0.6 is 0 Å². The zero-order valence-electron chi connectivity index (χ0n) is 7.38. The lowest BCUT2D eigenvalue weighted by Crippen LogP contribution is -2.11. The van der Waals surface area contributed by atoms with E-state index in [9.17, 15) is 0 Å². The molecule has 5 nitrogen and oxygen atoms in total. The molecule has 0 saturated carbocycles. The van der Waals surface area contributed by atoms with Crippen molar-refractivity contribution in [3.05, 3.63) is 11.5 Å². The van der Waals surface area contributed by atoms with Gasteiger partial charge in [0.2, 0.25) is 0 Å². The molecule has 0 aromatic carbocycles. The second-order valence-electron chi connectivity index (χ2n) is 2.72. The van der Waals surface area contributed by atoms with Gasteiger partial charge in [-0.2, -0.15) is 4.98 Å². The predicted octanol–water partition coefficient (Wildman–Crippen LogP) is 0.333. The monoisotopic (exact) mass is 168 g/mol. The first kappa shape index (κ1) is 8.58. The average molecular weight is 168 g/mol. The molecule has 5 heteroatoms. The summed E-state index contributed by atoms with van der Waals surface area (Å²) < 4.78 is 5.20. The van der Waals surface area contributed by atoms with Crippen molar-refractivity contribution in [3.8, 4) is 0 Å². The van der Waals surface area contributed by atoms with Crippen LogP contribution in [0.25, 0.3) is 0 Å². The number of anilines is 1. The smallest absolute Gasteiger partial charge is 0.297 e. The minimum atomic E-state index is -0.0897. The Morgan fingerprint density at radius 1 is 1.58 bits per heavy atom. The van der Waals surface area contributed by atoms with Crippen molar-refractivity contribution in [1.82, 2.24) is 4.98 Å². The van der Waals surface area contributed by atoms with Gasteiger partial charge in [-0.3, -0.25) is 5.41 Å². The normalized spacial score (nSPS) is 9.92. The topological polar surface area (TPSA) is 79.1 Å². The van der Waals surface area contributed by atoms with Gasteiger partial charge in [0.05, 0.1) is 5.69 Å². The predicted molar refractivity (Wildman–Crippen MR) is 46.6 cm³/mol. The minimum Gasteiger partial charge on any atom is -0.420 e. The van der Waals surface area contributed by atoms with E-state index in [0.717, 1.165) is 0 Å². The summed E-state index contributed by atoms with van der Waals surface area (Å²) in [5.74, 6) is 0.256. The van der Waals surface area contributed by atoms with Crippen LogP contribution in [0, 0.1) is 12.3 Å². The number of aromatic nitrogens is 1. The molecule has 0 fully saturated rings. The highest BCUT2D eigenvalue weighted by molar-refractivity contribution is 5.93. The Balaban J connectivity index is 3.09. The standard InChI is InChI=1S/C7H12N4O/c1-4-5(6(8)9)12-7(10-4)11(2)3/h1-3H3,(H3,8,9). The lowest BCUT2D eigenvalue weighted by molar-refractivity contribution is 0.545. The van der Waals surface area contributed by atoms with Crippen LogP contribution < -0.4 is 10.6 Å². The third-order valence-electron chi connectivity index (χ3n) is 1.41. The van der Waals surface area contributed by atoms with E-state index in [1.54, 1.807) is 11.8 Å². The molecule has 1 aromatic rings. The van der Waals surface area contributed by atoms with E-state index in [1.165, 1.54) is 0 Å². The molecule has 0 bridgehead atoms. The molecule has 12 heavy (non-hydrogen) atoms. The van der Waals surface area contributed by atoms with Gasteiger partial charge in [0.15, 0.2) is 11.6 Å². The molecule has 0 radical (unpaired) electrons. The fraction of sp³-hybridized carbons (Fsp3) is 0.429. The van der Waals surface area contributed by atoms with Crippen molar-refractivity contribution in [2.45, 2.75) is 6.92 Å². The van der Waals surface area contributed by atoms with Gasteiger partial charge in [-0.25, -0.2) is 0 Å². The van der Waals surface area contributed by atoms with Crippen LogP contribution in [0.1, 0.15) is 11.5 Å². The van der Waals surface area contributed by atoms with Crippen molar-refractivity contribution in [2.24, 2.45) is 5.73 Å². The van der Waals surface area contributed by atoms with Gasteiger partial charge in [0.25, 0.3) is 6.01 Å². The molecule has 0 aliphatic carbocycles. The van der Waals surface area contributed by atoms with Crippen LogP contribution in [-0.2, 0) is 0 Å². The molecule has 0 atom stereocenters. The number of nitrogens with two attached hydrogens (primary N) is 1. The van der Waals surface area contributed by atoms with Gasteiger partial charge in [0.1, 0.15) is 0 Å². The summed E-state index contributed by atoms with van der Waals surface area (Å²) in [6.45, 7) is 1.76. The van der Waals surface area contributed by atoms with Crippen LogP contribution in [0.5, 0.6) is 0 Å². The van der Waals surface area contributed by atoms with E-state index < -0.39 is 0 Å². The SMILES string of the molecule is Cc1nc(N(C)C)oc1C(=N)N. The van der Waals surface area contributed by atoms with Gasteiger partial charge < -0.3 is 15.1 Å². The molecule has 1 aromatic heterocycles. The summed E-state index contributed by atoms with van der Waals surface area (Å²) in [5.41, 5.74) is 5.90. The van der Waals surface area contributed by atoms with Crippen molar-refractivity contribution in [3.63, 3.8) is 0 Å². The summed E-state index contributed by atoms with van der Waals surface area (Å²) in [6, 6.07) is 0.470. The Kier molecular flexibility index (Phi) is 2.03. The fourth-order valence-electron chi connectivity index (χ4n) is 0.823. The van der Waals surface area contributed by atoms with Crippen molar-refractivity contribution >= 4 is 11.9 Å². The van der Waals surface area contributed by atoms with E-state index >= 15 is 0 Å². The summed E-state index contributed by atoms with van der Waals surface area (Å²) in [4.78, 5) is 5.79. The van der Waals surface area contributed by atoms with Crippen molar-refractivity contribution in [1.29, 1.82) is 5.41 Å². The maximum absolute atomic E-state index is 7.16. The molecular formula is C7H12N4O. The number of aryl methyl sites for hydroxylation is 1. The summed E-state index contributed by atoms with van der Waals surface area (Å²) in [7, 11) is 3.63. The largest absolute Gasteiger partial charge is 0.420 e. The molecule has 66 valence electrons. The van der Waals surface area contributed by atoms with Crippen LogP contribution in [0.3, 0.4) is 0 Å². The van der Waals surface area contributed by atoms with Gasteiger partial charge in [-0.15, -0.1) is 0 Å². The first-order valence-electron chi connectivity index (χ1n) is 3.51. The van der Waals surface area contributed by atoms with E-state index in [-0.39, 0.29) is 5.84 Å². The summed E-state index contributed by atoms with van der Waals surface area (Å²) >= 11 is 0.